The van der Waals surface area contributed by atoms with Crippen LogP contribution in [-0.4, -0.2) is 29.7 Å². The molecule has 0 fully saturated rings. The lowest BCUT2D eigenvalue weighted by Gasteiger charge is -2.30. The average Bonchev–Trinajstić information content (AvgIpc) is 2.60. The average molecular weight is 354 g/mol. The zero-order chi connectivity index (χ0) is 19.2. The van der Waals surface area contributed by atoms with Crippen molar-refractivity contribution < 1.29 is 9.53 Å². The highest BCUT2D eigenvalue weighted by Crippen LogP contribution is 2.23. The number of nitrogens with zero attached hydrogens (tertiary/aromatic N) is 4. The first-order valence-corrected chi connectivity index (χ1v) is 8.04. The van der Waals surface area contributed by atoms with Crippen LogP contribution < -0.4 is 20.5 Å². The third-order valence-electron chi connectivity index (χ3n) is 3.24. The van der Waals surface area contributed by atoms with Gasteiger partial charge in [0, 0.05) is 18.8 Å². The quantitative estimate of drug-likeness (QED) is 0.800. The Labute approximate surface area is 152 Å². The molecule has 0 bridgehead atoms. The van der Waals surface area contributed by atoms with Crippen molar-refractivity contribution in [2.75, 3.05) is 24.0 Å². The van der Waals surface area contributed by atoms with Crippen molar-refractivity contribution in [1.82, 2.24) is 15.4 Å². The van der Waals surface area contributed by atoms with Crippen LogP contribution in [0.15, 0.2) is 36.5 Å². The van der Waals surface area contributed by atoms with Crippen molar-refractivity contribution in [1.29, 1.82) is 5.26 Å². The largest absolute Gasteiger partial charge is 0.495 e. The van der Waals surface area contributed by atoms with Crippen LogP contribution in [0.2, 0.25) is 0 Å². The van der Waals surface area contributed by atoms with E-state index in [0.29, 0.717) is 23.8 Å². The molecule has 0 saturated carbocycles. The van der Waals surface area contributed by atoms with Gasteiger partial charge in [-0.2, -0.15) is 10.2 Å². The zero-order valence-electron chi connectivity index (χ0n) is 15.3. The molecule has 2 amide bonds. The maximum Gasteiger partial charge on any atom is 0.338 e. The highest BCUT2D eigenvalue weighted by molar-refractivity contribution is 5.91. The van der Waals surface area contributed by atoms with Crippen LogP contribution >= 0.6 is 0 Å². The Balaban J connectivity index is 2.20. The van der Waals surface area contributed by atoms with Crippen molar-refractivity contribution in [2.45, 2.75) is 20.8 Å². The molecule has 8 nitrogen and oxygen atoms in total. The Morgan fingerprint density at radius 1 is 1.31 bits per heavy atom. The highest BCUT2D eigenvalue weighted by atomic mass is 16.5. The summed E-state index contributed by atoms with van der Waals surface area (Å²) in [6, 6.07) is 10.2. The van der Waals surface area contributed by atoms with E-state index in [1.807, 2.05) is 32.9 Å². The monoisotopic (exact) mass is 354 g/mol. The molecule has 1 aromatic carbocycles. The van der Waals surface area contributed by atoms with E-state index < -0.39 is 6.03 Å². The Morgan fingerprint density at radius 2 is 2.04 bits per heavy atom. The molecule has 0 aliphatic carbocycles. The third-order valence-corrected chi connectivity index (χ3v) is 3.24. The summed E-state index contributed by atoms with van der Waals surface area (Å²) in [5.41, 5.74) is 3.18. The van der Waals surface area contributed by atoms with Gasteiger partial charge in [-0.25, -0.2) is 15.2 Å². The number of rotatable bonds is 5. The van der Waals surface area contributed by atoms with Gasteiger partial charge in [0.2, 0.25) is 5.82 Å². The van der Waals surface area contributed by atoms with Gasteiger partial charge in [-0.1, -0.05) is 32.9 Å². The second-order valence-corrected chi connectivity index (χ2v) is 6.76. The van der Waals surface area contributed by atoms with Crippen LogP contribution in [0.3, 0.4) is 0 Å². The van der Waals surface area contributed by atoms with Crippen molar-refractivity contribution in [3.8, 4) is 11.8 Å². The van der Waals surface area contributed by atoms with Crippen molar-refractivity contribution in [3.05, 3.63) is 42.4 Å². The maximum absolute atomic E-state index is 12.5. The van der Waals surface area contributed by atoms with Crippen LogP contribution in [0.25, 0.3) is 0 Å². The fourth-order valence-electron chi connectivity index (χ4n) is 2.23. The maximum atomic E-state index is 12.5. The number of nitrogens with one attached hydrogen (secondary N) is 2. The minimum atomic E-state index is -0.448. The molecular formula is C18H22N6O2. The molecule has 26 heavy (non-hydrogen) atoms. The van der Waals surface area contributed by atoms with Crippen LogP contribution in [0.5, 0.6) is 5.75 Å². The zero-order valence-corrected chi connectivity index (χ0v) is 15.3. The van der Waals surface area contributed by atoms with Crippen molar-refractivity contribution >= 4 is 17.5 Å². The number of hydrazine groups is 1. The predicted molar refractivity (Wildman–Crippen MR) is 98.7 cm³/mol. The number of urea groups is 1. The SMILES string of the molecule is COc1ccccc1NC(=O)NN(CC(C)(C)C)c1ccnc(C#N)n1. The summed E-state index contributed by atoms with van der Waals surface area (Å²) < 4.78 is 5.23. The molecule has 0 saturated heterocycles. The molecule has 1 aromatic heterocycles. The molecule has 2 rings (SSSR count). The number of carbonyl (C=O) groups is 1. The number of nitriles is 1. The lowest BCUT2D eigenvalue weighted by atomic mass is 9.97. The van der Waals surface area contributed by atoms with E-state index in [1.54, 1.807) is 29.3 Å². The molecular weight excluding hydrogens is 332 g/mol. The second kappa shape index (κ2) is 8.16. The summed E-state index contributed by atoms with van der Waals surface area (Å²) in [6.45, 7) is 6.58. The summed E-state index contributed by atoms with van der Waals surface area (Å²) in [6.07, 6.45) is 1.48. The van der Waals surface area contributed by atoms with E-state index >= 15 is 0 Å². The molecule has 0 aliphatic rings. The molecule has 0 aliphatic heterocycles. The number of benzene rings is 1. The molecule has 0 atom stereocenters. The number of anilines is 2. The fourth-order valence-corrected chi connectivity index (χ4v) is 2.23. The van der Waals surface area contributed by atoms with Gasteiger partial charge in [0.05, 0.1) is 12.8 Å². The topological polar surface area (TPSA) is 103 Å². The Bertz CT molecular complexity index is 810. The fraction of sp³-hybridized carbons (Fsp3) is 0.333. The Hall–Kier alpha value is -3.34. The number of carbonyl (C=O) groups excluding carboxylic acids is 1. The van der Waals surface area contributed by atoms with Gasteiger partial charge in [-0.3, -0.25) is 5.01 Å². The smallest absolute Gasteiger partial charge is 0.338 e. The minimum absolute atomic E-state index is 0.0355. The molecule has 0 spiro atoms. The molecule has 8 heteroatoms. The lowest BCUT2D eigenvalue weighted by Crippen LogP contribution is -2.48. The van der Waals surface area contributed by atoms with E-state index in [9.17, 15) is 4.79 Å². The van der Waals surface area contributed by atoms with E-state index in [4.69, 9.17) is 10.00 Å². The van der Waals surface area contributed by atoms with E-state index in [-0.39, 0.29) is 11.2 Å². The number of aromatic nitrogens is 2. The third kappa shape index (κ3) is 5.34. The number of methoxy groups -OCH3 is 1. The Morgan fingerprint density at radius 3 is 2.69 bits per heavy atom. The predicted octanol–water partition coefficient (Wildman–Crippen LogP) is 2.95. The van der Waals surface area contributed by atoms with Gasteiger partial charge in [0.1, 0.15) is 11.8 Å². The summed E-state index contributed by atoms with van der Waals surface area (Å²) in [4.78, 5) is 20.5. The van der Waals surface area contributed by atoms with Gasteiger partial charge in [-0.05, 0) is 17.5 Å². The first-order chi connectivity index (χ1) is 12.3. The second-order valence-electron chi connectivity index (χ2n) is 6.76. The van der Waals surface area contributed by atoms with Crippen LogP contribution in [0.4, 0.5) is 16.3 Å². The molecule has 136 valence electrons. The highest BCUT2D eigenvalue weighted by Gasteiger charge is 2.21. The van der Waals surface area contributed by atoms with Gasteiger partial charge in [0.15, 0.2) is 5.82 Å². The van der Waals surface area contributed by atoms with Crippen molar-refractivity contribution in [3.63, 3.8) is 0 Å². The van der Waals surface area contributed by atoms with E-state index in [2.05, 4.69) is 20.7 Å². The number of amides is 2. The standard InChI is InChI=1S/C18H22N6O2/c1-18(2,3)12-24(16-9-10-20-15(11-19)22-16)23-17(25)21-13-7-5-6-8-14(13)26-4/h5-10H,12H2,1-4H3,(H2,21,23,25). The lowest BCUT2D eigenvalue weighted by molar-refractivity contribution is 0.249. The van der Waals surface area contributed by atoms with Gasteiger partial charge < -0.3 is 10.1 Å². The normalized spacial score (nSPS) is 10.6. The molecule has 2 N–H and O–H groups in total. The van der Waals surface area contributed by atoms with Gasteiger partial charge in [-0.15, -0.1) is 0 Å². The number of ether oxygens (including phenoxy) is 1. The van der Waals surface area contributed by atoms with Crippen LogP contribution in [-0.2, 0) is 0 Å². The first-order valence-electron chi connectivity index (χ1n) is 8.04. The summed E-state index contributed by atoms with van der Waals surface area (Å²) in [5.74, 6) is 1.02. The minimum Gasteiger partial charge on any atom is -0.495 e. The van der Waals surface area contributed by atoms with Gasteiger partial charge >= 0.3 is 6.03 Å². The summed E-state index contributed by atoms with van der Waals surface area (Å²) >= 11 is 0. The summed E-state index contributed by atoms with van der Waals surface area (Å²) in [5, 5.41) is 13.3. The van der Waals surface area contributed by atoms with Gasteiger partial charge in [0.25, 0.3) is 0 Å². The van der Waals surface area contributed by atoms with Crippen LogP contribution in [0, 0.1) is 16.7 Å². The molecule has 1 heterocycles. The first kappa shape index (κ1) is 19.0. The summed E-state index contributed by atoms with van der Waals surface area (Å²) in [7, 11) is 1.54. The molecule has 2 aromatic rings. The molecule has 0 radical (unpaired) electrons. The van der Waals surface area contributed by atoms with Crippen molar-refractivity contribution in [2.24, 2.45) is 5.41 Å². The Kier molecular flexibility index (Phi) is 5.96. The van der Waals surface area contributed by atoms with E-state index in [0.717, 1.165) is 0 Å². The van der Waals surface area contributed by atoms with E-state index in [1.165, 1.54) is 13.3 Å². The van der Waals surface area contributed by atoms with Crippen LogP contribution in [0.1, 0.15) is 26.6 Å². The molecule has 0 unspecified atom stereocenters. The number of para-hydroxylation sites is 2. The number of hydrogen-bond donors (Lipinski definition) is 2. The number of hydrogen-bond acceptors (Lipinski definition) is 6.